The number of carbonyl (C=O) groups excluding carboxylic acids is 2. The molecule has 0 radical (unpaired) electrons. The van der Waals surface area contributed by atoms with Gasteiger partial charge in [-0.3, -0.25) is 0 Å². The number of anilines is 6. The maximum absolute atomic E-state index is 12.6. The van der Waals surface area contributed by atoms with Crippen LogP contribution in [0, 0.1) is 0 Å². The lowest BCUT2D eigenvalue weighted by Crippen LogP contribution is -2.21. The van der Waals surface area contributed by atoms with Gasteiger partial charge >= 0.3 is 11.9 Å². The lowest BCUT2D eigenvalue weighted by atomic mass is 10.0. The van der Waals surface area contributed by atoms with E-state index in [1.807, 2.05) is 24.3 Å². The van der Waals surface area contributed by atoms with Crippen molar-refractivity contribution in [3.05, 3.63) is 71.8 Å². The van der Waals surface area contributed by atoms with Crippen LogP contribution in [0.2, 0.25) is 0 Å². The molecule has 202 valence electrons. The fourth-order valence-corrected chi connectivity index (χ4v) is 4.36. The zero-order chi connectivity index (χ0) is 27.7. The summed E-state index contributed by atoms with van der Waals surface area (Å²) in [7, 11) is 2.57. The van der Waals surface area contributed by atoms with E-state index in [-0.39, 0.29) is 11.1 Å². The highest BCUT2D eigenvalue weighted by Gasteiger charge is 2.22. The fraction of sp³-hybridized carbons (Fsp3) is 0.333. The van der Waals surface area contributed by atoms with Gasteiger partial charge in [0.05, 0.1) is 36.7 Å². The molecule has 0 saturated heterocycles. The summed E-state index contributed by atoms with van der Waals surface area (Å²) in [5.74, 6) is -1.25. The third-order valence-electron chi connectivity index (χ3n) is 6.52. The van der Waals surface area contributed by atoms with Gasteiger partial charge in [0.25, 0.3) is 0 Å². The first-order chi connectivity index (χ1) is 18.4. The number of benzene rings is 3. The lowest BCUT2D eigenvalue weighted by molar-refractivity contribution is 0.0555. The van der Waals surface area contributed by atoms with Crippen LogP contribution in [-0.4, -0.2) is 52.3 Å². The van der Waals surface area contributed by atoms with Gasteiger partial charge < -0.3 is 29.9 Å². The summed E-state index contributed by atoms with van der Waals surface area (Å²) < 4.78 is 9.91. The Morgan fingerprint density at radius 2 is 0.921 bits per heavy atom. The van der Waals surface area contributed by atoms with E-state index >= 15 is 0 Å². The monoisotopic (exact) mass is 518 g/mol. The highest BCUT2D eigenvalue weighted by Crippen LogP contribution is 2.34. The third kappa shape index (κ3) is 6.56. The van der Waals surface area contributed by atoms with Crippen LogP contribution in [0.3, 0.4) is 0 Å². The molecule has 0 bridgehead atoms. The molecule has 0 heterocycles. The van der Waals surface area contributed by atoms with E-state index in [1.54, 1.807) is 12.1 Å². The van der Waals surface area contributed by atoms with Crippen LogP contribution in [0.4, 0.5) is 34.1 Å². The number of nitrogens with one attached hydrogen (secondary N) is 2. The van der Waals surface area contributed by atoms with E-state index in [0.717, 1.165) is 48.9 Å². The second-order valence-corrected chi connectivity index (χ2v) is 8.61. The Morgan fingerprint density at radius 3 is 1.18 bits per heavy atom. The van der Waals surface area contributed by atoms with Gasteiger partial charge in [0, 0.05) is 48.9 Å². The van der Waals surface area contributed by atoms with Crippen LogP contribution in [0.15, 0.2) is 60.7 Å². The Morgan fingerprint density at radius 1 is 0.605 bits per heavy atom. The molecule has 0 atom stereocenters. The Bertz CT molecular complexity index is 1120. The van der Waals surface area contributed by atoms with Gasteiger partial charge in [0.1, 0.15) is 0 Å². The summed E-state index contributed by atoms with van der Waals surface area (Å²) in [6, 6.07) is 19.4. The molecule has 3 aromatic rings. The van der Waals surface area contributed by atoms with Crippen LogP contribution in [-0.2, 0) is 9.47 Å². The van der Waals surface area contributed by atoms with Crippen LogP contribution < -0.4 is 20.4 Å². The van der Waals surface area contributed by atoms with Crippen molar-refractivity contribution in [1.29, 1.82) is 0 Å². The lowest BCUT2D eigenvalue weighted by Gasteiger charge is -2.22. The number of hydrogen-bond acceptors (Lipinski definition) is 8. The Kier molecular flexibility index (Phi) is 9.99. The highest BCUT2D eigenvalue weighted by atomic mass is 16.5. The summed E-state index contributed by atoms with van der Waals surface area (Å²) in [6.45, 7) is 12.2. The van der Waals surface area contributed by atoms with Crippen molar-refractivity contribution in [3.8, 4) is 0 Å². The number of carbonyl (C=O) groups is 2. The number of rotatable bonds is 12. The first-order valence-corrected chi connectivity index (χ1v) is 13.0. The molecule has 0 aliphatic carbocycles. The van der Waals surface area contributed by atoms with E-state index < -0.39 is 11.9 Å². The minimum Gasteiger partial charge on any atom is -0.465 e. The standard InChI is InChI=1S/C30H38N4O4/c1-7-33(8-2)23-15-11-21(12-16-23)31-27-19-25(29(35)37-5)26(30(36)38-6)20-28(27)32-22-13-17-24(18-14-22)34(9-3)10-4/h11-20,31-32H,7-10H2,1-6H3. The molecule has 0 aliphatic rings. The van der Waals surface area contributed by atoms with E-state index in [0.29, 0.717) is 11.4 Å². The molecule has 38 heavy (non-hydrogen) atoms. The SMILES string of the molecule is CCN(CC)c1ccc(Nc2cc(C(=O)OC)c(C(=O)OC)cc2Nc2ccc(N(CC)CC)cc2)cc1. The summed E-state index contributed by atoms with van der Waals surface area (Å²) in [6.07, 6.45) is 0. The average Bonchev–Trinajstić information content (AvgIpc) is 2.95. The zero-order valence-corrected chi connectivity index (χ0v) is 23.1. The van der Waals surface area contributed by atoms with Crippen molar-refractivity contribution in [3.63, 3.8) is 0 Å². The second-order valence-electron chi connectivity index (χ2n) is 8.61. The predicted octanol–water partition coefficient (Wildman–Crippen LogP) is 6.44. The number of esters is 2. The molecule has 2 N–H and O–H groups in total. The van der Waals surface area contributed by atoms with Crippen LogP contribution in [0.1, 0.15) is 48.4 Å². The smallest absolute Gasteiger partial charge is 0.338 e. The molecule has 0 unspecified atom stereocenters. The first-order valence-electron chi connectivity index (χ1n) is 13.0. The van der Waals surface area contributed by atoms with E-state index in [1.165, 1.54) is 14.2 Å². The number of ether oxygens (including phenoxy) is 2. The van der Waals surface area contributed by atoms with Crippen molar-refractivity contribution >= 4 is 46.1 Å². The van der Waals surface area contributed by atoms with Crippen molar-refractivity contribution in [2.24, 2.45) is 0 Å². The van der Waals surface area contributed by atoms with Crippen molar-refractivity contribution in [2.75, 3.05) is 60.8 Å². The second kappa shape index (κ2) is 13.4. The van der Waals surface area contributed by atoms with Crippen LogP contribution >= 0.6 is 0 Å². The van der Waals surface area contributed by atoms with Crippen molar-refractivity contribution < 1.29 is 19.1 Å². The maximum Gasteiger partial charge on any atom is 0.338 e. The van der Waals surface area contributed by atoms with E-state index in [2.05, 4.69) is 72.4 Å². The molecule has 0 aliphatic heterocycles. The van der Waals surface area contributed by atoms with Gasteiger partial charge in [-0.05, 0) is 88.4 Å². The fourth-order valence-electron chi connectivity index (χ4n) is 4.36. The molecule has 0 aromatic heterocycles. The van der Waals surface area contributed by atoms with Gasteiger partial charge in [0.15, 0.2) is 0 Å². The zero-order valence-electron chi connectivity index (χ0n) is 23.1. The topological polar surface area (TPSA) is 83.1 Å². The van der Waals surface area contributed by atoms with Gasteiger partial charge in [-0.25, -0.2) is 9.59 Å². The van der Waals surface area contributed by atoms with E-state index in [4.69, 9.17) is 9.47 Å². The molecule has 3 aromatic carbocycles. The summed E-state index contributed by atoms with van der Waals surface area (Å²) in [5, 5.41) is 6.79. The van der Waals surface area contributed by atoms with Gasteiger partial charge in [-0.15, -0.1) is 0 Å². The van der Waals surface area contributed by atoms with Crippen molar-refractivity contribution in [2.45, 2.75) is 27.7 Å². The van der Waals surface area contributed by atoms with Gasteiger partial charge in [0.2, 0.25) is 0 Å². The molecule has 8 heteroatoms. The summed E-state index contributed by atoms with van der Waals surface area (Å²) >= 11 is 0. The average molecular weight is 519 g/mol. The van der Waals surface area contributed by atoms with Crippen molar-refractivity contribution in [1.82, 2.24) is 0 Å². The normalized spacial score (nSPS) is 10.5. The molecule has 0 amide bonds. The summed E-state index contributed by atoms with van der Waals surface area (Å²) in [5.41, 5.74) is 5.38. The van der Waals surface area contributed by atoms with Gasteiger partial charge in [-0.1, -0.05) is 0 Å². The quantitative estimate of drug-likeness (QED) is 0.265. The Balaban J connectivity index is 2.03. The summed E-state index contributed by atoms with van der Waals surface area (Å²) in [4.78, 5) is 29.7. The molecule has 0 fully saturated rings. The Hall–Kier alpha value is -4.20. The Labute approximate surface area is 225 Å². The van der Waals surface area contributed by atoms with Crippen LogP contribution in [0.25, 0.3) is 0 Å². The number of methoxy groups -OCH3 is 2. The maximum atomic E-state index is 12.6. The van der Waals surface area contributed by atoms with E-state index in [9.17, 15) is 9.59 Å². The van der Waals surface area contributed by atoms with Gasteiger partial charge in [-0.2, -0.15) is 0 Å². The minimum absolute atomic E-state index is 0.115. The number of nitrogens with zero attached hydrogens (tertiary/aromatic N) is 2. The third-order valence-corrected chi connectivity index (χ3v) is 6.52. The molecular formula is C30H38N4O4. The highest BCUT2D eigenvalue weighted by molar-refractivity contribution is 6.06. The first kappa shape index (κ1) is 28.4. The molecular weight excluding hydrogens is 480 g/mol. The molecule has 3 rings (SSSR count). The predicted molar refractivity (Wildman–Crippen MR) is 156 cm³/mol. The molecule has 0 spiro atoms. The minimum atomic E-state index is -0.625. The largest absolute Gasteiger partial charge is 0.465 e. The van der Waals surface area contributed by atoms with Crippen LogP contribution in [0.5, 0.6) is 0 Å². The molecule has 0 saturated carbocycles. The molecule has 8 nitrogen and oxygen atoms in total. The number of hydrogen-bond donors (Lipinski definition) is 2.